The van der Waals surface area contributed by atoms with E-state index in [9.17, 15) is 0 Å². The molecule has 0 saturated carbocycles. The molecular weight excluding hydrogens is 132 g/mol. The Morgan fingerprint density at radius 1 is 0.818 bits per heavy atom. The molecule has 0 fully saturated rings. The molecule has 0 saturated heterocycles. The van der Waals surface area contributed by atoms with E-state index in [1.165, 1.54) is 12.8 Å². The van der Waals surface area contributed by atoms with Crippen LogP contribution in [0, 0.1) is 0 Å². The quantitative estimate of drug-likeness (QED) is 0.487. The molecule has 0 radical (unpaired) electrons. The van der Waals surface area contributed by atoms with Crippen molar-refractivity contribution in [2.45, 2.75) is 47.0 Å². The Hall–Kier alpha value is -0.520. The standard InChI is InChI=1S/C5H6.2C3H8/c1-2-4-5-3-1;2*1-3-2/h1-4H,5H2;2*3H2,1-2H3. The molecule has 0 N–H and O–H groups in total. The number of hydrogen-bond donors (Lipinski definition) is 0. The first-order valence-corrected chi connectivity index (χ1v) is 4.64. The second kappa shape index (κ2) is 16.2. The van der Waals surface area contributed by atoms with E-state index in [0.717, 1.165) is 6.42 Å². The molecule has 0 atom stereocenters. The lowest BCUT2D eigenvalue weighted by molar-refractivity contribution is 1.09. The van der Waals surface area contributed by atoms with Crippen molar-refractivity contribution in [3.8, 4) is 0 Å². The van der Waals surface area contributed by atoms with E-state index in [-0.39, 0.29) is 0 Å². The first-order chi connectivity index (χ1) is 5.33. The third kappa shape index (κ3) is 26.4. The van der Waals surface area contributed by atoms with Crippen LogP contribution in [-0.2, 0) is 0 Å². The molecule has 11 heavy (non-hydrogen) atoms. The molecule has 0 aromatic carbocycles. The van der Waals surface area contributed by atoms with E-state index in [1.807, 2.05) is 0 Å². The predicted octanol–water partition coefficient (Wildman–Crippen LogP) is 4.34. The number of rotatable bonds is 0. The highest BCUT2D eigenvalue weighted by atomic mass is 13.8. The topological polar surface area (TPSA) is 0 Å². The Kier molecular flexibility index (Phi) is 19.3. The minimum Gasteiger partial charge on any atom is -0.0808 e. The minimum absolute atomic E-state index is 1.14. The van der Waals surface area contributed by atoms with Gasteiger partial charge in [0.15, 0.2) is 0 Å². The van der Waals surface area contributed by atoms with E-state index < -0.39 is 0 Å². The lowest BCUT2D eigenvalue weighted by atomic mass is 10.5. The van der Waals surface area contributed by atoms with E-state index in [0.29, 0.717) is 0 Å². The van der Waals surface area contributed by atoms with Crippen molar-refractivity contribution >= 4 is 0 Å². The first kappa shape index (κ1) is 13.1. The Morgan fingerprint density at radius 2 is 1.09 bits per heavy atom. The minimum atomic E-state index is 1.14. The van der Waals surface area contributed by atoms with Crippen LogP contribution in [0.1, 0.15) is 47.0 Å². The van der Waals surface area contributed by atoms with Crippen molar-refractivity contribution in [2.24, 2.45) is 0 Å². The maximum atomic E-state index is 2.12. The molecule has 1 aliphatic rings. The SMILES string of the molecule is C1=CCC=C1.CCC.CCC. The molecule has 0 aromatic heterocycles. The van der Waals surface area contributed by atoms with Crippen molar-refractivity contribution in [2.75, 3.05) is 0 Å². The largest absolute Gasteiger partial charge is 0.0808 e. The van der Waals surface area contributed by atoms with Crippen molar-refractivity contribution < 1.29 is 0 Å². The van der Waals surface area contributed by atoms with Crippen LogP contribution >= 0.6 is 0 Å². The van der Waals surface area contributed by atoms with Gasteiger partial charge in [0.2, 0.25) is 0 Å². The van der Waals surface area contributed by atoms with Gasteiger partial charge in [0.05, 0.1) is 0 Å². The lowest BCUT2D eigenvalue weighted by Crippen LogP contribution is -1.37. The Balaban J connectivity index is 0. The van der Waals surface area contributed by atoms with E-state index in [4.69, 9.17) is 0 Å². The van der Waals surface area contributed by atoms with Crippen molar-refractivity contribution in [1.82, 2.24) is 0 Å². The summed E-state index contributed by atoms with van der Waals surface area (Å²) in [6, 6.07) is 0. The fourth-order valence-electron chi connectivity index (χ4n) is 0.393. The van der Waals surface area contributed by atoms with Gasteiger partial charge in [-0.1, -0.05) is 64.8 Å². The van der Waals surface area contributed by atoms with Gasteiger partial charge < -0.3 is 0 Å². The molecule has 0 aliphatic heterocycles. The molecule has 66 valence electrons. The van der Waals surface area contributed by atoms with Gasteiger partial charge >= 0.3 is 0 Å². The average molecular weight is 154 g/mol. The number of allylic oxidation sites excluding steroid dienone is 4. The summed E-state index contributed by atoms with van der Waals surface area (Å²) in [7, 11) is 0. The van der Waals surface area contributed by atoms with Gasteiger partial charge in [-0.2, -0.15) is 0 Å². The second-order valence-electron chi connectivity index (χ2n) is 2.51. The molecule has 0 bridgehead atoms. The summed E-state index contributed by atoms with van der Waals surface area (Å²) in [6.07, 6.45) is 12.0. The predicted molar refractivity (Wildman–Crippen MR) is 54.8 cm³/mol. The van der Waals surface area contributed by atoms with Crippen LogP contribution in [0.2, 0.25) is 0 Å². The highest BCUT2D eigenvalue weighted by Gasteiger charge is 1.72. The first-order valence-electron chi connectivity index (χ1n) is 4.64. The maximum absolute atomic E-state index is 2.12. The summed E-state index contributed by atoms with van der Waals surface area (Å²) in [6.45, 7) is 8.50. The van der Waals surface area contributed by atoms with Gasteiger partial charge in [0.25, 0.3) is 0 Å². The van der Waals surface area contributed by atoms with E-state index in [1.54, 1.807) is 0 Å². The van der Waals surface area contributed by atoms with Gasteiger partial charge in [-0.25, -0.2) is 0 Å². The van der Waals surface area contributed by atoms with Crippen LogP contribution in [0.4, 0.5) is 0 Å². The molecule has 0 heteroatoms. The molecule has 1 rings (SSSR count). The normalized spacial score (nSPS) is 11.3. The summed E-state index contributed by atoms with van der Waals surface area (Å²) < 4.78 is 0. The van der Waals surface area contributed by atoms with E-state index in [2.05, 4.69) is 52.0 Å². The highest BCUT2D eigenvalue weighted by Crippen LogP contribution is 1.93. The molecule has 0 unspecified atom stereocenters. The lowest BCUT2D eigenvalue weighted by Gasteiger charge is -1.57. The van der Waals surface area contributed by atoms with Gasteiger partial charge in [-0.15, -0.1) is 0 Å². The average Bonchev–Trinajstić information content (AvgIpc) is 2.44. The summed E-state index contributed by atoms with van der Waals surface area (Å²) in [5.74, 6) is 0. The van der Waals surface area contributed by atoms with Crippen LogP contribution in [-0.4, -0.2) is 0 Å². The van der Waals surface area contributed by atoms with E-state index >= 15 is 0 Å². The summed E-state index contributed by atoms with van der Waals surface area (Å²) in [4.78, 5) is 0. The Bertz CT molecular complexity index is 76.2. The van der Waals surface area contributed by atoms with Gasteiger partial charge in [0, 0.05) is 0 Å². The zero-order valence-corrected chi connectivity index (χ0v) is 8.43. The van der Waals surface area contributed by atoms with Crippen LogP contribution in [0.3, 0.4) is 0 Å². The monoisotopic (exact) mass is 154 g/mol. The molecule has 0 aromatic rings. The second-order valence-corrected chi connectivity index (χ2v) is 2.51. The van der Waals surface area contributed by atoms with Crippen molar-refractivity contribution in [3.63, 3.8) is 0 Å². The zero-order chi connectivity index (χ0) is 8.95. The van der Waals surface area contributed by atoms with Crippen LogP contribution in [0.15, 0.2) is 24.3 Å². The smallest absolute Gasteiger partial charge is 0.0163 e. The molecule has 1 aliphatic carbocycles. The fourth-order valence-corrected chi connectivity index (χ4v) is 0.393. The maximum Gasteiger partial charge on any atom is -0.0163 e. The Labute approximate surface area is 72.0 Å². The van der Waals surface area contributed by atoms with Gasteiger partial charge in [-0.05, 0) is 6.42 Å². The summed E-state index contributed by atoms with van der Waals surface area (Å²) in [5, 5.41) is 0. The van der Waals surface area contributed by atoms with Crippen LogP contribution in [0.25, 0.3) is 0 Å². The van der Waals surface area contributed by atoms with Gasteiger partial charge in [0.1, 0.15) is 0 Å². The van der Waals surface area contributed by atoms with Gasteiger partial charge in [-0.3, -0.25) is 0 Å². The highest BCUT2D eigenvalue weighted by molar-refractivity contribution is 5.11. The number of hydrogen-bond acceptors (Lipinski definition) is 0. The molecular formula is C11H22. The summed E-state index contributed by atoms with van der Waals surface area (Å²) in [5.41, 5.74) is 0. The van der Waals surface area contributed by atoms with Crippen molar-refractivity contribution in [1.29, 1.82) is 0 Å². The Morgan fingerprint density at radius 3 is 1.18 bits per heavy atom. The fraction of sp³-hybridized carbons (Fsp3) is 0.636. The zero-order valence-electron chi connectivity index (χ0n) is 8.43. The van der Waals surface area contributed by atoms with Crippen molar-refractivity contribution in [3.05, 3.63) is 24.3 Å². The summed E-state index contributed by atoms with van der Waals surface area (Å²) >= 11 is 0. The van der Waals surface area contributed by atoms with Crippen LogP contribution < -0.4 is 0 Å². The molecule has 0 heterocycles. The van der Waals surface area contributed by atoms with Crippen LogP contribution in [0.5, 0.6) is 0 Å². The molecule has 0 nitrogen and oxygen atoms in total. The third-order valence-electron chi connectivity index (χ3n) is 0.655. The molecule has 0 spiro atoms. The molecule has 0 amide bonds. The third-order valence-corrected chi connectivity index (χ3v) is 0.655.